The highest BCUT2D eigenvalue weighted by molar-refractivity contribution is 9.10. The van der Waals surface area contributed by atoms with Crippen molar-refractivity contribution in [3.63, 3.8) is 0 Å². The van der Waals surface area contributed by atoms with Crippen molar-refractivity contribution >= 4 is 44.4 Å². The normalized spacial score (nSPS) is 10.8. The predicted octanol–water partition coefficient (Wildman–Crippen LogP) is 4.76. The summed E-state index contributed by atoms with van der Waals surface area (Å²) in [5.74, 6) is -0.00548. The van der Waals surface area contributed by atoms with Gasteiger partial charge in [0, 0.05) is 10.5 Å². The second kappa shape index (κ2) is 9.25. The van der Waals surface area contributed by atoms with Crippen LogP contribution in [0.25, 0.3) is 0 Å². The Morgan fingerprint density at radius 2 is 2.04 bits per heavy atom. The molecule has 3 aromatic rings. The fourth-order valence-electron chi connectivity index (χ4n) is 2.29. The molecule has 0 radical (unpaired) electrons. The molecule has 0 aliphatic carbocycles. The van der Waals surface area contributed by atoms with Crippen molar-refractivity contribution in [1.82, 2.24) is 5.43 Å². The van der Waals surface area contributed by atoms with Crippen molar-refractivity contribution in [3.05, 3.63) is 91.3 Å². The summed E-state index contributed by atoms with van der Waals surface area (Å²) < 4.78 is 6.73. The number of para-hydroxylation sites is 1. The SMILES string of the molecule is O=C(N/N=C/c1ccc([N+](=O)[O-])s1)c1ccccc1OCc1cccc(Br)c1. The van der Waals surface area contributed by atoms with Crippen LogP contribution in [0.1, 0.15) is 20.8 Å². The van der Waals surface area contributed by atoms with Crippen molar-refractivity contribution in [1.29, 1.82) is 0 Å². The van der Waals surface area contributed by atoms with Crippen LogP contribution in [0.2, 0.25) is 0 Å². The van der Waals surface area contributed by atoms with Gasteiger partial charge in [-0.15, -0.1) is 0 Å². The van der Waals surface area contributed by atoms with E-state index in [4.69, 9.17) is 4.74 Å². The first-order chi connectivity index (χ1) is 13.5. The molecule has 1 heterocycles. The highest BCUT2D eigenvalue weighted by atomic mass is 79.9. The number of nitrogens with one attached hydrogen (secondary N) is 1. The maximum absolute atomic E-state index is 12.4. The molecular weight excluding hydrogens is 446 g/mol. The number of halogens is 1. The molecule has 142 valence electrons. The summed E-state index contributed by atoms with van der Waals surface area (Å²) in [7, 11) is 0. The molecule has 3 rings (SSSR count). The Kier molecular flexibility index (Phi) is 6.51. The van der Waals surface area contributed by atoms with E-state index in [2.05, 4.69) is 26.5 Å². The molecule has 0 atom stereocenters. The molecule has 7 nitrogen and oxygen atoms in total. The van der Waals surface area contributed by atoms with Gasteiger partial charge in [0.05, 0.1) is 21.6 Å². The Bertz CT molecular complexity index is 1040. The molecular formula is C19H14BrN3O4S. The van der Waals surface area contributed by atoms with Gasteiger partial charge in [-0.05, 0) is 35.9 Å². The maximum atomic E-state index is 12.4. The first kappa shape index (κ1) is 19.7. The quantitative estimate of drug-likeness (QED) is 0.313. The lowest BCUT2D eigenvalue weighted by Crippen LogP contribution is -2.18. The zero-order valence-electron chi connectivity index (χ0n) is 14.4. The largest absolute Gasteiger partial charge is 0.488 e. The van der Waals surface area contributed by atoms with Crippen LogP contribution < -0.4 is 10.2 Å². The number of nitrogens with zero attached hydrogens (tertiary/aromatic N) is 2. The first-order valence-electron chi connectivity index (χ1n) is 8.07. The van der Waals surface area contributed by atoms with E-state index in [-0.39, 0.29) is 5.00 Å². The van der Waals surface area contributed by atoms with E-state index < -0.39 is 10.8 Å². The summed E-state index contributed by atoms with van der Waals surface area (Å²) in [6, 6.07) is 17.5. The number of benzene rings is 2. The summed E-state index contributed by atoms with van der Waals surface area (Å²) in [4.78, 5) is 23.2. The topological polar surface area (TPSA) is 93.8 Å². The molecule has 1 amide bonds. The number of thiophene rings is 1. The van der Waals surface area contributed by atoms with Gasteiger partial charge in [0.1, 0.15) is 12.4 Å². The van der Waals surface area contributed by atoms with Crippen LogP contribution in [-0.4, -0.2) is 17.0 Å². The minimum atomic E-state index is -0.473. The zero-order chi connectivity index (χ0) is 19.9. The van der Waals surface area contributed by atoms with Crippen molar-refractivity contribution in [2.45, 2.75) is 6.61 Å². The Labute approximate surface area is 172 Å². The second-order valence-electron chi connectivity index (χ2n) is 5.55. The van der Waals surface area contributed by atoms with E-state index in [1.807, 2.05) is 24.3 Å². The number of carbonyl (C=O) groups is 1. The molecule has 0 bridgehead atoms. The Balaban J connectivity index is 1.64. The van der Waals surface area contributed by atoms with Crippen molar-refractivity contribution in [2.24, 2.45) is 5.10 Å². The molecule has 0 saturated heterocycles. The lowest BCUT2D eigenvalue weighted by Gasteiger charge is -2.10. The number of rotatable bonds is 7. The van der Waals surface area contributed by atoms with E-state index in [1.165, 1.54) is 12.3 Å². The van der Waals surface area contributed by atoms with Crippen LogP contribution >= 0.6 is 27.3 Å². The number of hydrazone groups is 1. The third kappa shape index (κ3) is 5.24. The van der Waals surface area contributed by atoms with Gasteiger partial charge in [0.15, 0.2) is 0 Å². The van der Waals surface area contributed by atoms with Crippen LogP contribution in [0.4, 0.5) is 5.00 Å². The third-order valence-electron chi connectivity index (χ3n) is 3.57. The molecule has 9 heteroatoms. The van der Waals surface area contributed by atoms with Gasteiger partial charge >= 0.3 is 5.00 Å². The van der Waals surface area contributed by atoms with Crippen LogP contribution in [0.5, 0.6) is 5.75 Å². The molecule has 0 aliphatic rings. The maximum Gasteiger partial charge on any atom is 0.324 e. The average molecular weight is 460 g/mol. The summed E-state index contributed by atoms with van der Waals surface area (Å²) >= 11 is 4.38. The minimum Gasteiger partial charge on any atom is -0.488 e. The van der Waals surface area contributed by atoms with E-state index in [9.17, 15) is 14.9 Å². The molecule has 0 aliphatic heterocycles. The van der Waals surface area contributed by atoms with Gasteiger partial charge in [0.25, 0.3) is 5.91 Å². The number of hydrogen-bond donors (Lipinski definition) is 1. The molecule has 0 saturated carbocycles. The van der Waals surface area contributed by atoms with E-state index in [0.717, 1.165) is 21.4 Å². The monoisotopic (exact) mass is 459 g/mol. The van der Waals surface area contributed by atoms with Crippen LogP contribution in [0, 0.1) is 10.1 Å². The number of hydrogen-bond acceptors (Lipinski definition) is 6. The second-order valence-corrected chi connectivity index (χ2v) is 7.56. The molecule has 1 aromatic heterocycles. The van der Waals surface area contributed by atoms with Gasteiger partial charge in [-0.1, -0.05) is 51.5 Å². The van der Waals surface area contributed by atoms with E-state index in [1.54, 1.807) is 30.3 Å². The molecule has 0 unspecified atom stereocenters. The van der Waals surface area contributed by atoms with E-state index >= 15 is 0 Å². The van der Waals surface area contributed by atoms with Crippen molar-refractivity contribution < 1.29 is 14.5 Å². The molecule has 0 spiro atoms. The van der Waals surface area contributed by atoms with Crippen molar-refractivity contribution in [3.8, 4) is 5.75 Å². The fraction of sp³-hybridized carbons (Fsp3) is 0.0526. The summed E-state index contributed by atoms with van der Waals surface area (Å²) in [6.07, 6.45) is 1.36. The standard InChI is InChI=1S/C19H14BrN3O4S/c20-14-5-3-4-13(10-14)12-27-17-7-2-1-6-16(17)19(24)22-21-11-15-8-9-18(28-15)23(25)26/h1-11H,12H2,(H,22,24)/b21-11+. The summed E-state index contributed by atoms with van der Waals surface area (Å²) in [5, 5.41) is 14.6. The fourth-order valence-corrected chi connectivity index (χ4v) is 3.43. The number of ether oxygens (including phenoxy) is 1. The van der Waals surface area contributed by atoms with Crippen molar-refractivity contribution in [2.75, 3.05) is 0 Å². The molecule has 2 aromatic carbocycles. The Hall–Kier alpha value is -3.04. The zero-order valence-corrected chi connectivity index (χ0v) is 16.8. The molecule has 1 N–H and O–H groups in total. The molecule has 0 fully saturated rings. The lowest BCUT2D eigenvalue weighted by molar-refractivity contribution is -0.380. The van der Waals surface area contributed by atoms with Gasteiger partial charge in [-0.3, -0.25) is 14.9 Å². The smallest absolute Gasteiger partial charge is 0.324 e. The Morgan fingerprint density at radius 3 is 2.79 bits per heavy atom. The number of nitro groups is 1. The van der Waals surface area contributed by atoms with Gasteiger partial charge in [-0.25, -0.2) is 5.43 Å². The van der Waals surface area contributed by atoms with Gasteiger partial charge in [0.2, 0.25) is 0 Å². The predicted molar refractivity (Wildman–Crippen MR) is 111 cm³/mol. The number of amides is 1. The third-order valence-corrected chi connectivity index (χ3v) is 5.03. The minimum absolute atomic E-state index is 0.0130. The Morgan fingerprint density at radius 1 is 1.21 bits per heavy atom. The van der Waals surface area contributed by atoms with Gasteiger partial charge < -0.3 is 4.74 Å². The molecule has 28 heavy (non-hydrogen) atoms. The summed E-state index contributed by atoms with van der Waals surface area (Å²) in [6.45, 7) is 0.311. The van der Waals surface area contributed by atoms with E-state index in [0.29, 0.717) is 22.8 Å². The first-order valence-corrected chi connectivity index (χ1v) is 9.68. The van der Waals surface area contributed by atoms with Crippen LogP contribution in [-0.2, 0) is 6.61 Å². The van der Waals surface area contributed by atoms with Gasteiger partial charge in [-0.2, -0.15) is 5.10 Å². The average Bonchev–Trinajstić information content (AvgIpc) is 3.16. The summed E-state index contributed by atoms with van der Waals surface area (Å²) in [5.41, 5.74) is 3.71. The van der Waals surface area contributed by atoms with Crippen LogP contribution in [0.3, 0.4) is 0 Å². The lowest BCUT2D eigenvalue weighted by atomic mass is 10.2. The highest BCUT2D eigenvalue weighted by Gasteiger charge is 2.12. The number of carbonyl (C=O) groups excluding carboxylic acids is 1. The van der Waals surface area contributed by atoms with Crippen LogP contribution in [0.15, 0.2) is 70.2 Å². The highest BCUT2D eigenvalue weighted by Crippen LogP contribution is 2.23.